The molecular formula is C23H21FN2O2. The van der Waals surface area contributed by atoms with Crippen molar-refractivity contribution in [3.05, 3.63) is 101 Å². The zero-order valence-corrected chi connectivity index (χ0v) is 15.7. The topological polar surface area (TPSA) is 58.2 Å². The summed E-state index contributed by atoms with van der Waals surface area (Å²) in [5.41, 5.74) is 3.57. The molecule has 0 bridgehead atoms. The van der Waals surface area contributed by atoms with Gasteiger partial charge in [-0.15, -0.1) is 0 Å². The number of aryl methyl sites for hydroxylation is 1. The van der Waals surface area contributed by atoms with Gasteiger partial charge < -0.3 is 10.6 Å². The van der Waals surface area contributed by atoms with Gasteiger partial charge in [0, 0.05) is 16.8 Å². The van der Waals surface area contributed by atoms with E-state index in [0.29, 0.717) is 16.8 Å². The van der Waals surface area contributed by atoms with Gasteiger partial charge in [-0.3, -0.25) is 9.59 Å². The van der Waals surface area contributed by atoms with Crippen molar-refractivity contribution in [2.75, 3.05) is 5.32 Å². The van der Waals surface area contributed by atoms with E-state index in [9.17, 15) is 14.0 Å². The van der Waals surface area contributed by atoms with Crippen molar-refractivity contribution in [2.24, 2.45) is 0 Å². The second-order valence-electron chi connectivity index (χ2n) is 6.65. The largest absolute Gasteiger partial charge is 0.346 e. The number of amides is 2. The molecule has 5 heteroatoms. The van der Waals surface area contributed by atoms with Crippen molar-refractivity contribution >= 4 is 17.5 Å². The third kappa shape index (κ3) is 4.82. The molecule has 0 aromatic heterocycles. The second kappa shape index (κ2) is 8.48. The van der Waals surface area contributed by atoms with Gasteiger partial charge in [-0.05, 0) is 67.9 Å². The first kappa shape index (κ1) is 19.3. The molecule has 1 unspecified atom stereocenters. The van der Waals surface area contributed by atoms with Gasteiger partial charge in [-0.25, -0.2) is 4.39 Å². The number of nitrogens with one attached hydrogen (secondary N) is 2. The lowest BCUT2D eigenvalue weighted by Gasteiger charge is -2.15. The van der Waals surface area contributed by atoms with Crippen LogP contribution in [0.1, 0.15) is 44.8 Å². The zero-order chi connectivity index (χ0) is 20.1. The van der Waals surface area contributed by atoms with Crippen molar-refractivity contribution in [2.45, 2.75) is 19.9 Å². The molecule has 3 rings (SSSR count). The highest BCUT2D eigenvalue weighted by Gasteiger charge is 2.12. The molecule has 0 saturated heterocycles. The number of hydrogen-bond donors (Lipinski definition) is 2. The predicted molar refractivity (Wildman–Crippen MR) is 108 cm³/mol. The molecule has 3 aromatic rings. The lowest BCUT2D eigenvalue weighted by atomic mass is 10.1. The minimum atomic E-state index is -0.386. The second-order valence-corrected chi connectivity index (χ2v) is 6.65. The number of hydrogen-bond acceptors (Lipinski definition) is 2. The number of anilines is 1. The molecule has 0 aliphatic rings. The Labute approximate surface area is 163 Å². The van der Waals surface area contributed by atoms with E-state index in [4.69, 9.17) is 0 Å². The molecule has 0 aliphatic carbocycles. The Bertz CT molecular complexity index is 982. The highest BCUT2D eigenvalue weighted by molar-refractivity contribution is 6.04. The van der Waals surface area contributed by atoms with E-state index in [-0.39, 0.29) is 23.7 Å². The zero-order valence-electron chi connectivity index (χ0n) is 15.7. The van der Waals surface area contributed by atoms with Gasteiger partial charge in [-0.2, -0.15) is 0 Å². The molecule has 0 spiro atoms. The first-order chi connectivity index (χ1) is 13.4. The molecule has 4 nitrogen and oxygen atoms in total. The maximum Gasteiger partial charge on any atom is 0.255 e. The number of halogens is 1. The first-order valence-electron chi connectivity index (χ1n) is 8.97. The maximum absolute atomic E-state index is 13.0. The van der Waals surface area contributed by atoms with Crippen LogP contribution in [0.15, 0.2) is 72.8 Å². The maximum atomic E-state index is 13.0. The summed E-state index contributed by atoms with van der Waals surface area (Å²) in [5.74, 6) is -0.832. The summed E-state index contributed by atoms with van der Waals surface area (Å²) in [5, 5.41) is 5.74. The van der Waals surface area contributed by atoms with Crippen LogP contribution in [0.25, 0.3) is 0 Å². The molecule has 0 saturated carbocycles. The molecular weight excluding hydrogens is 355 g/mol. The molecule has 142 valence electrons. The van der Waals surface area contributed by atoms with E-state index in [1.165, 1.54) is 24.3 Å². The van der Waals surface area contributed by atoms with Crippen LogP contribution in [0.5, 0.6) is 0 Å². The molecule has 0 heterocycles. The lowest BCUT2D eigenvalue weighted by molar-refractivity contribution is 0.0939. The Morgan fingerprint density at radius 3 is 2.18 bits per heavy atom. The highest BCUT2D eigenvalue weighted by atomic mass is 19.1. The Morgan fingerprint density at radius 2 is 1.54 bits per heavy atom. The molecule has 3 aromatic carbocycles. The smallest absolute Gasteiger partial charge is 0.255 e. The summed E-state index contributed by atoms with van der Waals surface area (Å²) >= 11 is 0. The third-order valence-electron chi connectivity index (χ3n) is 4.40. The predicted octanol–water partition coefficient (Wildman–Crippen LogP) is 4.88. The van der Waals surface area contributed by atoms with Crippen molar-refractivity contribution < 1.29 is 14.0 Å². The number of carbonyl (C=O) groups is 2. The van der Waals surface area contributed by atoms with E-state index in [1.807, 2.05) is 44.2 Å². The number of carbonyl (C=O) groups excluding carboxylic acids is 2. The molecule has 28 heavy (non-hydrogen) atoms. The Hall–Kier alpha value is -3.47. The third-order valence-corrected chi connectivity index (χ3v) is 4.40. The van der Waals surface area contributed by atoms with Crippen LogP contribution in [0.2, 0.25) is 0 Å². The Kier molecular flexibility index (Phi) is 5.84. The standard InChI is InChI=1S/C23H21FN2O2/c1-15-4-3-5-19(14-15)23(28)25-16(2)17-8-12-21(13-9-17)26-22(27)18-6-10-20(24)11-7-18/h3-14,16H,1-2H3,(H,25,28)(H,26,27). The average Bonchev–Trinajstić information content (AvgIpc) is 2.69. The van der Waals surface area contributed by atoms with Gasteiger partial charge >= 0.3 is 0 Å². The summed E-state index contributed by atoms with van der Waals surface area (Å²) in [6.45, 7) is 3.85. The minimum absolute atomic E-state index is 0.134. The van der Waals surface area contributed by atoms with E-state index < -0.39 is 0 Å². The SMILES string of the molecule is Cc1cccc(C(=O)NC(C)c2ccc(NC(=O)c3ccc(F)cc3)cc2)c1. The summed E-state index contributed by atoms with van der Waals surface area (Å²) in [6, 6.07) is 19.8. The van der Waals surface area contributed by atoms with Crippen LogP contribution in [0, 0.1) is 12.7 Å². The molecule has 1 atom stereocenters. The summed E-state index contributed by atoms with van der Waals surface area (Å²) in [7, 11) is 0. The first-order valence-corrected chi connectivity index (χ1v) is 8.97. The van der Waals surface area contributed by atoms with Gasteiger partial charge in [0.1, 0.15) is 5.82 Å². The quantitative estimate of drug-likeness (QED) is 0.667. The van der Waals surface area contributed by atoms with E-state index >= 15 is 0 Å². The van der Waals surface area contributed by atoms with Crippen molar-refractivity contribution in [3.8, 4) is 0 Å². The lowest BCUT2D eigenvalue weighted by Crippen LogP contribution is -2.26. The van der Waals surface area contributed by atoms with Gasteiger partial charge in [0.2, 0.25) is 0 Å². The fourth-order valence-corrected chi connectivity index (χ4v) is 2.81. The highest BCUT2D eigenvalue weighted by Crippen LogP contribution is 2.18. The van der Waals surface area contributed by atoms with Crippen LogP contribution < -0.4 is 10.6 Å². The molecule has 0 aliphatic heterocycles. The Morgan fingerprint density at radius 1 is 0.857 bits per heavy atom. The van der Waals surface area contributed by atoms with Crippen LogP contribution >= 0.6 is 0 Å². The van der Waals surface area contributed by atoms with Gasteiger partial charge in [0.15, 0.2) is 0 Å². The summed E-state index contributed by atoms with van der Waals surface area (Å²) in [6.07, 6.45) is 0. The van der Waals surface area contributed by atoms with Crippen LogP contribution in [-0.4, -0.2) is 11.8 Å². The van der Waals surface area contributed by atoms with E-state index in [1.54, 1.807) is 18.2 Å². The van der Waals surface area contributed by atoms with Gasteiger partial charge in [-0.1, -0.05) is 29.8 Å². The van der Waals surface area contributed by atoms with Crippen LogP contribution in [0.3, 0.4) is 0 Å². The normalized spacial score (nSPS) is 11.5. The molecule has 0 fully saturated rings. The van der Waals surface area contributed by atoms with Gasteiger partial charge in [0.05, 0.1) is 6.04 Å². The van der Waals surface area contributed by atoms with Crippen molar-refractivity contribution in [1.82, 2.24) is 5.32 Å². The number of benzene rings is 3. The van der Waals surface area contributed by atoms with Crippen LogP contribution in [-0.2, 0) is 0 Å². The van der Waals surface area contributed by atoms with E-state index in [2.05, 4.69) is 10.6 Å². The summed E-state index contributed by atoms with van der Waals surface area (Å²) in [4.78, 5) is 24.6. The average molecular weight is 376 g/mol. The van der Waals surface area contributed by atoms with Crippen molar-refractivity contribution in [1.29, 1.82) is 0 Å². The van der Waals surface area contributed by atoms with Crippen LogP contribution in [0.4, 0.5) is 10.1 Å². The molecule has 2 amide bonds. The molecule has 0 radical (unpaired) electrons. The minimum Gasteiger partial charge on any atom is -0.346 e. The monoisotopic (exact) mass is 376 g/mol. The fraction of sp³-hybridized carbons (Fsp3) is 0.130. The van der Waals surface area contributed by atoms with Crippen molar-refractivity contribution in [3.63, 3.8) is 0 Å². The van der Waals surface area contributed by atoms with Gasteiger partial charge in [0.25, 0.3) is 11.8 Å². The van der Waals surface area contributed by atoms with E-state index in [0.717, 1.165) is 11.1 Å². The fourth-order valence-electron chi connectivity index (χ4n) is 2.81. The Balaban J connectivity index is 1.62. The number of rotatable bonds is 5. The molecule has 2 N–H and O–H groups in total. The summed E-state index contributed by atoms with van der Waals surface area (Å²) < 4.78 is 13.0.